The Labute approximate surface area is 80.7 Å². The van der Waals surface area contributed by atoms with Crippen LogP contribution in [-0.4, -0.2) is 13.3 Å². The quantitative estimate of drug-likeness (QED) is 0.536. The van der Waals surface area contributed by atoms with Gasteiger partial charge in [-0.1, -0.05) is 40.5 Å². The van der Waals surface area contributed by atoms with Gasteiger partial charge in [-0.05, 0) is 6.07 Å². The van der Waals surface area contributed by atoms with E-state index >= 15 is 0 Å². The van der Waals surface area contributed by atoms with Gasteiger partial charge in [0.2, 0.25) is 0 Å². The Bertz CT molecular complexity index is 299. The molecule has 4 heteroatoms. The highest BCUT2D eigenvalue weighted by Gasteiger charge is 2.00. The Kier molecular flexibility index (Phi) is 3.38. The van der Waals surface area contributed by atoms with E-state index in [9.17, 15) is 0 Å². The van der Waals surface area contributed by atoms with Gasteiger partial charge in [0.1, 0.15) is 7.11 Å². The molecule has 0 N–H and O–H groups in total. The van der Waals surface area contributed by atoms with Crippen LogP contribution in [0.25, 0.3) is 0 Å². The summed E-state index contributed by atoms with van der Waals surface area (Å²) in [5.74, 6) is 0. The number of halogens is 2. The van der Waals surface area contributed by atoms with Gasteiger partial charge < -0.3 is 4.84 Å². The summed E-state index contributed by atoms with van der Waals surface area (Å²) in [5.41, 5.74) is 0.742. The van der Waals surface area contributed by atoms with Crippen LogP contribution in [0.1, 0.15) is 5.56 Å². The molecule has 0 spiro atoms. The number of hydrogen-bond acceptors (Lipinski definition) is 2. The molecule has 12 heavy (non-hydrogen) atoms. The Morgan fingerprint density at radius 3 is 2.83 bits per heavy atom. The molecule has 0 aliphatic heterocycles. The van der Waals surface area contributed by atoms with Gasteiger partial charge in [0.15, 0.2) is 0 Å². The van der Waals surface area contributed by atoms with Crippen molar-refractivity contribution in [1.82, 2.24) is 0 Å². The van der Waals surface area contributed by atoms with E-state index in [1.807, 2.05) is 0 Å². The molecule has 1 aromatic carbocycles. The maximum atomic E-state index is 5.85. The van der Waals surface area contributed by atoms with Crippen molar-refractivity contribution in [3.05, 3.63) is 33.8 Å². The van der Waals surface area contributed by atoms with Crippen molar-refractivity contribution in [2.75, 3.05) is 7.11 Å². The predicted molar refractivity (Wildman–Crippen MR) is 51.1 cm³/mol. The zero-order valence-electron chi connectivity index (χ0n) is 6.42. The maximum absolute atomic E-state index is 5.85. The third-order valence-electron chi connectivity index (χ3n) is 1.28. The van der Waals surface area contributed by atoms with Gasteiger partial charge in [0.25, 0.3) is 0 Å². The number of nitrogens with zero attached hydrogens (tertiary/aromatic N) is 1. The molecule has 0 radical (unpaired) electrons. The molecule has 1 aromatic rings. The number of oxime groups is 1. The molecule has 0 atom stereocenters. The van der Waals surface area contributed by atoms with Gasteiger partial charge >= 0.3 is 0 Å². The zero-order chi connectivity index (χ0) is 8.97. The van der Waals surface area contributed by atoms with E-state index in [4.69, 9.17) is 23.2 Å². The fourth-order valence-electron chi connectivity index (χ4n) is 0.730. The van der Waals surface area contributed by atoms with Gasteiger partial charge in [-0.15, -0.1) is 0 Å². The van der Waals surface area contributed by atoms with Crippen LogP contribution in [0.5, 0.6) is 0 Å². The maximum Gasteiger partial charge on any atom is 0.106 e. The first-order valence-corrected chi connectivity index (χ1v) is 4.02. The molecule has 0 heterocycles. The predicted octanol–water partition coefficient (Wildman–Crippen LogP) is 2.97. The molecule has 1 rings (SSSR count). The molecule has 0 unspecified atom stereocenters. The van der Waals surface area contributed by atoms with E-state index in [1.165, 1.54) is 13.3 Å². The van der Waals surface area contributed by atoms with E-state index in [0.717, 1.165) is 5.56 Å². The second-order valence-electron chi connectivity index (χ2n) is 2.06. The van der Waals surface area contributed by atoms with E-state index < -0.39 is 0 Å². The summed E-state index contributed by atoms with van der Waals surface area (Å²) < 4.78 is 0. The smallest absolute Gasteiger partial charge is 0.106 e. The van der Waals surface area contributed by atoms with Gasteiger partial charge in [0, 0.05) is 5.56 Å². The summed E-state index contributed by atoms with van der Waals surface area (Å²) >= 11 is 11.6. The Balaban J connectivity index is 3.00. The van der Waals surface area contributed by atoms with Crippen LogP contribution in [0.3, 0.4) is 0 Å². The van der Waals surface area contributed by atoms with Crippen LogP contribution in [0.2, 0.25) is 10.0 Å². The van der Waals surface area contributed by atoms with Crippen molar-refractivity contribution >= 4 is 29.4 Å². The molecule has 0 aliphatic carbocycles. The lowest BCUT2D eigenvalue weighted by Gasteiger charge is -1.98. The van der Waals surface area contributed by atoms with Gasteiger partial charge in [-0.3, -0.25) is 0 Å². The van der Waals surface area contributed by atoms with E-state index in [1.54, 1.807) is 18.2 Å². The van der Waals surface area contributed by atoms with E-state index in [2.05, 4.69) is 9.99 Å². The van der Waals surface area contributed by atoms with Crippen LogP contribution < -0.4 is 0 Å². The SMILES string of the molecule is CON=Cc1cccc(Cl)c1Cl. The van der Waals surface area contributed by atoms with Crippen molar-refractivity contribution < 1.29 is 4.84 Å². The first-order valence-electron chi connectivity index (χ1n) is 3.26. The van der Waals surface area contributed by atoms with Crippen LogP contribution in [0, 0.1) is 0 Å². The van der Waals surface area contributed by atoms with Crippen LogP contribution in [0.15, 0.2) is 23.4 Å². The molecular formula is C8H7Cl2NO. The van der Waals surface area contributed by atoms with Crippen molar-refractivity contribution in [3.63, 3.8) is 0 Å². The molecule has 0 aromatic heterocycles. The van der Waals surface area contributed by atoms with E-state index in [-0.39, 0.29) is 0 Å². The Morgan fingerprint density at radius 2 is 2.17 bits per heavy atom. The molecule has 0 fully saturated rings. The fourth-order valence-corrected chi connectivity index (χ4v) is 1.09. The van der Waals surface area contributed by atoms with Crippen molar-refractivity contribution in [2.24, 2.45) is 5.16 Å². The molecule has 0 aliphatic rings. The third-order valence-corrected chi connectivity index (χ3v) is 2.11. The molecule has 2 nitrogen and oxygen atoms in total. The van der Waals surface area contributed by atoms with E-state index in [0.29, 0.717) is 10.0 Å². The molecule has 0 bridgehead atoms. The number of rotatable bonds is 2. The first kappa shape index (κ1) is 9.36. The lowest BCUT2D eigenvalue weighted by Crippen LogP contribution is -1.83. The number of benzene rings is 1. The number of hydrogen-bond donors (Lipinski definition) is 0. The highest BCUT2D eigenvalue weighted by Crippen LogP contribution is 2.24. The van der Waals surface area contributed by atoms with Crippen molar-refractivity contribution in [1.29, 1.82) is 0 Å². The second-order valence-corrected chi connectivity index (χ2v) is 2.85. The Morgan fingerprint density at radius 1 is 1.42 bits per heavy atom. The van der Waals surface area contributed by atoms with Gasteiger partial charge in [-0.25, -0.2) is 0 Å². The first-order chi connectivity index (χ1) is 5.75. The molecule has 0 amide bonds. The normalized spacial score (nSPS) is 10.6. The standard InChI is InChI=1S/C8H7Cl2NO/c1-12-11-5-6-3-2-4-7(9)8(6)10/h2-5H,1H3. The third kappa shape index (κ3) is 2.13. The summed E-state index contributed by atoms with van der Waals surface area (Å²) in [6.45, 7) is 0. The monoisotopic (exact) mass is 203 g/mol. The topological polar surface area (TPSA) is 21.6 Å². The highest BCUT2D eigenvalue weighted by molar-refractivity contribution is 6.43. The summed E-state index contributed by atoms with van der Waals surface area (Å²) in [6.07, 6.45) is 1.51. The highest BCUT2D eigenvalue weighted by atomic mass is 35.5. The average Bonchev–Trinajstić information content (AvgIpc) is 2.08. The largest absolute Gasteiger partial charge is 0.399 e. The van der Waals surface area contributed by atoms with Crippen molar-refractivity contribution in [3.8, 4) is 0 Å². The Hall–Kier alpha value is -0.730. The van der Waals surface area contributed by atoms with Gasteiger partial charge in [0.05, 0.1) is 16.3 Å². The lowest BCUT2D eigenvalue weighted by molar-refractivity contribution is 0.215. The van der Waals surface area contributed by atoms with Crippen LogP contribution in [-0.2, 0) is 4.84 Å². The zero-order valence-corrected chi connectivity index (χ0v) is 7.93. The van der Waals surface area contributed by atoms with Gasteiger partial charge in [-0.2, -0.15) is 0 Å². The molecular weight excluding hydrogens is 197 g/mol. The minimum Gasteiger partial charge on any atom is -0.399 e. The molecule has 0 saturated carbocycles. The molecule has 0 saturated heterocycles. The second kappa shape index (κ2) is 4.33. The summed E-state index contributed by atoms with van der Waals surface area (Å²) in [7, 11) is 1.47. The lowest BCUT2D eigenvalue weighted by atomic mass is 10.2. The minimum atomic E-state index is 0.486. The summed E-state index contributed by atoms with van der Waals surface area (Å²) in [4.78, 5) is 4.51. The summed E-state index contributed by atoms with van der Waals surface area (Å²) in [5, 5.41) is 4.57. The minimum absolute atomic E-state index is 0.486. The van der Waals surface area contributed by atoms with Crippen molar-refractivity contribution in [2.45, 2.75) is 0 Å². The average molecular weight is 204 g/mol. The fraction of sp³-hybridized carbons (Fsp3) is 0.125. The van der Waals surface area contributed by atoms with Crippen LogP contribution in [0.4, 0.5) is 0 Å². The summed E-state index contributed by atoms with van der Waals surface area (Å²) in [6, 6.07) is 5.32. The molecule has 64 valence electrons. The van der Waals surface area contributed by atoms with Crippen LogP contribution >= 0.6 is 23.2 Å².